The zero-order chi connectivity index (χ0) is 52.6. The summed E-state index contributed by atoms with van der Waals surface area (Å²) in [6, 6.07) is 39.9. The average molecular weight is 1020 g/mol. The maximum Gasteiger partial charge on any atom is 0.323 e. The minimum atomic E-state index is -0.812. The Morgan fingerprint density at radius 3 is 1.36 bits per heavy atom. The van der Waals surface area contributed by atoms with Crippen molar-refractivity contribution in [3.63, 3.8) is 0 Å². The number of anilines is 3. The van der Waals surface area contributed by atoms with E-state index in [4.69, 9.17) is 38.4 Å². The molecule has 6 aromatic rings. The van der Waals surface area contributed by atoms with Crippen molar-refractivity contribution in [3.05, 3.63) is 178 Å². The summed E-state index contributed by atoms with van der Waals surface area (Å²) >= 11 is 12.4. The summed E-state index contributed by atoms with van der Waals surface area (Å²) < 4.78 is 11.2. The molecule has 0 spiro atoms. The number of nitrogens with zero attached hydrogens (tertiary/aromatic N) is 1. The van der Waals surface area contributed by atoms with E-state index in [-0.39, 0.29) is 36.5 Å². The first-order valence-electron chi connectivity index (χ1n) is 22.6. The topological polar surface area (TPSA) is 231 Å². The van der Waals surface area contributed by atoms with Crippen LogP contribution in [0.4, 0.5) is 27.5 Å². The van der Waals surface area contributed by atoms with Crippen molar-refractivity contribution in [1.29, 1.82) is 0 Å². The first-order chi connectivity index (χ1) is 34.5. The van der Waals surface area contributed by atoms with Crippen LogP contribution in [0.25, 0.3) is 0 Å². The third kappa shape index (κ3) is 19.3. The number of nitrogens with one attached hydrogen (secondary N) is 6. The van der Waals surface area contributed by atoms with Gasteiger partial charge in [-0.25, -0.2) is 9.59 Å². The Labute approximate surface area is 429 Å². The number of urea groups is 1. The number of rotatable bonds is 17. The van der Waals surface area contributed by atoms with Gasteiger partial charge in [0.25, 0.3) is 11.8 Å². The molecular weight excluding hydrogens is 960 g/mol. The number of nitrogen functional groups attached to an aromatic ring is 1. The number of carbonyl (C=O) groups excluding carboxylic acids is 6. The van der Waals surface area contributed by atoms with Crippen LogP contribution >= 0.6 is 23.2 Å². The Bertz CT molecular complexity index is 2780. The van der Waals surface area contributed by atoms with Crippen LogP contribution in [0.3, 0.4) is 0 Å². The molecule has 18 heteroatoms. The fourth-order valence-corrected chi connectivity index (χ4v) is 6.90. The molecular formula is C54H58Cl2N8O8. The van der Waals surface area contributed by atoms with Gasteiger partial charge in [0, 0.05) is 55.1 Å². The molecule has 0 heterocycles. The van der Waals surface area contributed by atoms with Crippen molar-refractivity contribution in [2.75, 3.05) is 30.5 Å². The molecule has 6 amide bonds. The quantitative estimate of drug-likeness (QED) is 0.0262. The lowest BCUT2D eigenvalue weighted by molar-refractivity contribution is -0.123. The minimum Gasteiger partial charge on any atom is -0.489 e. The summed E-state index contributed by atoms with van der Waals surface area (Å²) in [6.07, 6.45) is 1.97. The molecule has 0 saturated heterocycles. The number of hydrogen-bond donors (Lipinski definition) is 7. The van der Waals surface area contributed by atoms with Crippen molar-refractivity contribution in [2.24, 2.45) is 4.99 Å². The van der Waals surface area contributed by atoms with Crippen LogP contribution in [0, 0.1) is 0 Å². The van der Waals surface area contributed by atoms with E-state index in [2.05, 4.69) is 36.9 Å². The number of nitrogens with two attached hydrogens (primary N) is 1. The molecule has 376 valence electrons. The number of benzene rings is 6. The van der Waals surface area contributed by atoms with Gasteiger partial charge < -0.3 is 47.1 Å². The van der Waals surface area contributed by atoms with Crippen LogP contribution < -0.4 is 47.1 Å². The van der Waals surface area contributed by atoms with Gasteiger partial charge >= 0.3 is 6.03 Å². The third-order valence-electron chi connectivity index (χ3n) is 9.88. The maximum atomic E-state index is 12.8. The molecule has 0 aromatic heterocycles. The van der Waals surface area contributed by atoms with E-state index in [1.54, 1.807) is 84.9 Å². The van der Waals surface area contributed by atoms with Gasteiger partial charge in [-0.05, 0) is 124 Å². The highest BCUT2D eigenvalue weighted by molar-refractivity contribution is 6.32. The lowest BCUT2D eigenvalue weighted by Gasteiger charge is -2.18. The monoisotopic (exact) mass is 1020 g/mol. The molecule has 72 heavy (non-hydrogen) atoms. The molecule has 2 atom stereocenters. The molecule has 2 unspecified atom stereocenters. The molecule has 0 radical (unpaired) electrons. The molecule has 0 aliphatic heterocycles. The first kappa shape index (κ1) is 56.4. The van der Waals surface area contributed by atoms with E-state index in [9.17, 15) is 28.8 Å². The number of aliphatic imine (C=N–C) groups is 1. The molecule has 16 nitrogen and oxygen atoms in total. The predicted octanol–water partition coefficient (Wildman–Crippen LogP) is 9.31. The SMILES string of the molecule is CNC(=O)C(Cc1ccc(N)cc1)NC(=O)c1ccc(OC(C)C)c(Cl)c1.CNC(=O)C(Cc1ccc(NC(=O)Nc2ccccc2)cc1)NC(=O)c1ccc(OC(C)C)c(Cl)c1.O=C=Nc1ccccc1. The summed E-state index contributed by atoms with van der Waals surface area (Å²) in [7, 11) is 3.04. The van der Waals surface area contributed by atoms with Gasteiger partial charge in [-0.2, -0.15) is 4.99 Å². The number of ether oxygens (including phenoxy) is 2. The van der Waals surface area contributed by atoms with Gasteiger partial charge in [-0.15, -0.1) is 0 Å². The van der Waals surface area contributed by atoms with Gasteiger partial charge in [0.2, 0.25) is 17.9 Å². The minimum absolute atomic E-state index is 0.0280. The Hall–Kier alpha value is -8.17. The smallest absolute Gasteiger partial charge is 0.323 e. The summed E-state index contributed by atoms with van der Waals surface area (Å²) in [6.45, 7) is 7.55. The predicted molar refractivity (Wildman–Crippen MR) is 283 cm³/mol. The van der Waals surface area contributed by atoms with E-state index < -0.39 is 23.9 Å². The van der Waals surface area contributed by atoms with E-state index in [0.717, 1.165) is 11.1 Å². The fraction of sp³-hybridized carbons (Fsp3) is 0.222. The van der Waals surface area contributed by atoms with Crippen molar-refractivity contribution in [1.82, 2.24) is 21.3 Å². The summed E-state index contributed by atoms with van der Waals surface area (Å²) in [5, 5.41) is 16.8. The van der Waals surface area contributed by atoms with Crippen LogP contribution in [-0.2, 0) is 27.2 Å². The van der Waals surface area contributed by atoms with Crippen molar-refractivity contribution < 1.29 is 38.2 Å². The Morgan fingerprint density at radius 2 is 0.972 bits per heavy atom. The number of halogens is 2. The Balaban J connectivity index is 0.000000273. The van der Waals surface area contributed by atoms with Crippen LogP contribution in [-0.4, -0.2) is 74.1 Å². The van der Waals surface area contributed by atoms with Crippen molar-refractivity contribution in [2.45, 2.75) is 64.8 Å². The second kappa shape index (κ2) is 29.1. The number of hydrogen-bond acceptors (Lipinski definition) is 10. The Kier molecular flexibility index (Phi) is 22.8. The van der Waals surface area contributed by atoms with E-state index in [1.165, 1.54) is 32.3 Å². The number of carbonyl (C=O) groups is 5. The summed E-state index contributed by atoms with van der Waals surface area (Å²) in [5.41, 5.74) is 10.6. The van der Waals surface area contributed by atoms with Crippen LogP contribution in [0.1, 0.15) is 59.5 Å². The Morgan fingerprint density at radius 1 is 0.569 bits per heavy atom. The zero-order valence-electron chi connectivity index (χ0n) is 40.6. The van der Waals surface area contributed by atoms with Crippen LogP contribution in [0.15, 0.2) is 151 Å². The van der Waals surface area contributed by atoms with Gasteiger partial charge in [-0.3, -0.25) is 19.2 Å². The highest BCUT2D eigenvalue weighted by Gasteiger charge is 2.23. The molecule has 0 bridgehead atoms. The van der Waals surface area contributed by atoms with Gasteiger partial charge in [0.1, 0.15) is 23.6 Å². The van der Waals surface area contributed by atoms with E-state index in [1.807, 2.05) is 76.2 Å². The molecule has 8 N–H and O–H groups in total. The van der Waals surface area contributed by atoms with E-state index in [0.29, 0.717) is 61.8 Å². The standard InChI is InChI=1S/C27H29ClN4O4.C20H24ClN3O3.C7H5NO/c1-17(2)36-24-14-11-19(16-22(24)28)25(33)32-23(26(34)29-3)15-18-9-12-21(13-10-18)31-27(35)30-20-7-5-4-6-8-20;1-12(2)27-18-9-6-14(11-16(18)21)19(25)24-17(20(26)23-3)10-13-4-7-15(22)8-5-13;9-6-8-7-4-2-1-3-5-7/h4-14,16-17,23H,15H2,1-3H3,(H,29,34)(H,32,33)(H2,30,31,35);4-9,11-12,17H,10,22H2,1-3H3,(H,23,26)(H,24,25);1-5H. The fourth-order valence-electron chi connectivity index (χ4n) is 6.45. The first-order valence-corrected chi connectivity index (χ1v) is 23.4. The van der Waals surface area contributed by atoms with Crippen LogP contribution in [0.2, 0.25) is 10.0 Å². The number of amides is 6. The largest absolute Gasteiger partial charge is 0.489 e. The molecule has 6 rings (SSSR count). The summed E-state index contributed by atoms with van der Waals surface area (Å²) in [5.74, 6) is -0.454. The van der Waals surface area contributed by atoms with Gasteiger partial charge in [0.05, 0.1) is 27.9 Å². The number of likely N-dealkylation sites (N-methyl/N-ethyl adjacent to an activating group) is 2. The third-order valence-corrected chi connectivity index (χ3v) is 10.5. The lowest BCUT2D eigenvalue weighted by atomic mass is 10.0. The number of isocyanates is 1. The van der Waals surface area contributed by atoms with Crippen molar-refractivity contribution in [3.8, 4) is 11.5 Å². The highest BCUT2D eigenvalue weighted by atomic mass is 35.5. The zero-order valence-corrected chi connectivity index (χ0v) is 42.1. The molecule has 0 fully saturated rings. The second-order valence-corrected chi connectivity index (χ2v) is 17.0. The average Bonchev–Trinajstić information content (AvgIpc) is 3.36. The maximum absolute atomic E-state index is 12.8. The molecule has 6 aromatic carbocycles. The normalized spacial score (nSPS) is 11.1. The van der Waals surface area contributed by atoms with Crippen molar-refractivity contribution >= 4 is 81.7 Å². The molecule has 0 saturated carbocycles. The second-order valence-electron chi connectivity index (χ2n) is 16.2. The van der Waals surface area contributed by atoms with Gasteiger partial charge in [0.15, 0.2) is 0 Å². The van der Waals surface area contributed by atoms with Crippen LogP contribution in [0.5, 0.6) is 11.5 Å². The van der Waals surface area contributed by atoms with Gasteiger partial charge in [-0.1, -0.05) is 83.9 Å². The number of para-hydroxylation sites is 2. The highest BCUT2D eigenvalue weighted by Crippen LogP contribution is 2.28. The lowest BCUT2D eigenvalue weighted by Crippen LogP contribution is -2.47. The van der Waals surface area contributed by atoms with E-state index >= 15 is 0 Å². The molecule has 0 aliphatic carbocycles. The molecule has 0 aliphatic rings. The summed E-state index contributed by atoms with van der Waals surface area (Å²) in [4.78, 5) is 75.4.